The smallest absolute Gasteiger partial charge is 0.228 e. The van der Waals surface area contributed by atoms with Gasteiger partial charge >= 0.3 is 0 Å². The maximum absolute atomic E-state index is 13.0. The van der Waals surface area contributed by atoms with E-state index in [9.17, 15) is 9.18 Å². The van der Waals surface area contributed by atoms with Gasteiger partial charge in [-0.3, -0.25) is 4.79 Å². The number of aliphatic hydroxyl groups is 1. The molecule has 0 spiro atoms. The number of aliphatic hydroxyl groups excluding tert-OH is 1. The molecule has 1 N–H and O–H groups in total. The number of carbonyl (C=O) groups is 1. The van der Waals surface area contributed by atoms with Crippen LogP contribution in [-0.2, 0) is 11.2 Å². The number of hydrogen-bond acceptors (Lipinski definition) is 4. The lowest BCUT2D eigenvalue weighted by atomic mass is 9.99. The van der Waals surface area contributed by atoms with Crippen LogP contribution in [-0.4, -0.2) is 40.1 Å². The fourth-order valence-corrected chi connectivity index (χ4v) is 3.15. The maximum atomic E-state index is 13.0. The summed E-state index contributed by atoms with van der Waals surface area (Å²) < 4.78 is 18.4. The van der Waals surface area contributed by atoms with Gasteiger partial charge in [-0.15, -0.1) is 0 Å². The lowest BCUT2D eigenvalue weighted by molar-refractivity contribution is -0.134. The lowest BCUT2D eigenvalue weighted by Crippen LogP contribution is -2.44. The molecule has 1 atom stereocenters. The molecule has 3 rings (SSSR count). The van der Waals surface area contributed by atoms with Crippen molar-refractivity contribution in [2.24, 2.45) is 0 Å². The van der Waals surface area contributed by atoms with Gasteiger partial charge in [-0.05, 0) is 49.9 Å². The Kier molecular flexibility index (Phi) is 5.25. The molecule has 1 saturated heterocycles. The highest BCUT2D eigenvalue weighted by Gasteiger charge is 2.26. The first kappa shape index (κ1) is 16.6. The number of rotatable bonds is 5. The van der Waals surface area contributed by atoms with E-state index in [0.717, 1.165) is 25.8 Å². The van der Waals surface area contributed by atoms with Gasteiger partial charge in [0.15, 0.2) is 0 Å². The molecule has 6 heteroatoms. The second kappa shape index (κ2) is 7.57. The minimum absolute atomic E-state index is 0.00658. The summed E-state index contributed by atoms with van der Waals surface area (Å²) in [5, 5.41) is 9.16. The van der Waals surface area contributed by atoms with Gasteiger partial charge in [0.25, 0.3) is 0 Å². The Bertz CT molecular complexity index is 682. The summed E-state index contributed by atoms with van der Waals surface area (Å²) in [6.45, 7) is 0.819. The third-order valence-electron chi connectivity index (χ3n) is 4.39. The van der Waals surface area contributed by atoms with Gasteiger partial charge < -0.3 is 14.4 Å². The van der Waals surface area contributed by atoms with E-state index in [1.54, 1.807) is 12.1 Å². The van der Waals surface area contributed by atoms with Gasteiger partial charge in [0, 0.05) is 24.8 Å². The molecule has 128 valence electrons. The van der Waals surface area contributed by atoms with Crippen molar-refractivity contribution in [3.05, 3.63) is 42.0 Å². The van der Waals surface area contributed by atoms with Crippen LogP contribution >= 0.6 is 0 Å². The van der Waals surface area contributed by atoms with E-state index in [4.69, 9.17) is 9.52 Å². The molecule has 1 aliphatic heterocycles. The third kappa shape index (κ3) is 3.82. The molecule has 0 bridgehead atoms. The quantitative estimate of drug-likeness (QED) is 0.914. The summed E-state index contributed by atoms with van der Waals surface area (Å²) in [5.74, 6) is 0.0659. The zero-order chi connectivity index (χ0) is 16.9. The molecule has 1 aromatic heterocycles. The molecular weight excluding hydrogens is 311 g/mol. The van der Waals surface area contributed by atoms with Gasteiger partial charge in [-0.2, -0.15) is 0 Å². The summed E-state index contributed by atoms with van der Waals surface area (Å²) in [6, 6.07) is 5.98. The first-order chi connectivity index (χ1) is 11.7. The summed E-state index contributed by atoms with van der Waals surface area (Å²) in [4.78, 5) is 18.7. The zero-order valence-electron chi connectivity index (χ0n) is 13.4. The number of aromatic nitrogens is 1. The predicted molar refractivity (Wildman–Crippen MR) is 86.7 cm³/mol. The summed E-state index contributed by atoms with van der Waals surface area (Å²) in [6.07, 6.45) is 5.28. The SMILES string of the molecule is O=C(Cc1coc(-c2ccc(F)cc2)n1)N1CCCCC1CCO. The number of hydrogen-bond donors (Lipinski definition) is 1. The van der Waals surface area contributed by atoms with Gasteiger partial charge in [0.1, 0.15) is 12.1 Å². The highest BCUT2D eigenvalue weighted by molar-refractivity contribution is 5.78. The van der Waals surface area contributed by atoms with Crippen LogP contribution in [0, 0.1) is 5.82 Å². The van der Waals surface area contributed by atoms with Gasteiger partial charge in [0.05, 0.1) is 12.1 Å². The van der Waals surface area contributed by atoms with E-state index in [1.165, 1.54) is 18.4 Å². The number of benzene rings is 1. The predicted octanol–water partition coefficient (Wildman–Crippen LogP) is 2.79. The minimum Gasteiger partial charge on any atom is -0.444 e. The monoisotopic (exact) mass is 332 g/mol. The fraction of sp³-hybridized carbons (Fsp3) is 0.444. The molecule has 0 radical (unpaired) electrons. The molecule has 0 saturated carbocycles. The molecule has 1 aliphatic rings. The number of amides is 1. The van der Waals surface area contributed by atoms with Crippen LogP contribution in [0.15, 0.2) is 34.9 Å². The Hall–Kier alpha value is -2.21. The van der Waals surface area contributed by atoms with E-state index in [-0.39, 0.29) is 30.8 Å². The number of piperidine rings is 1. The van der Waals surface area contributed by atoms with Crippen LogP contribution in [0.2, 0.25) is 0 Å². The van der Waals surface area contributed by atoms with Gasteiger partial charge in [0.2, 0.25) is 11.8 Å². The first-order valence-corrected chi connectivity index (χ1v) is 8.28. The molecule has 1 fully saturated rings. The molecule has 2 aromatic rings. The number of halogens is 1. The number of likely N-dealkylation sites (tertiary alicyclic amines) is 1. The molecule has 1 unspecified atom stereocenters. The van der Waals surface area contributed by atoms with Crippen LogP contribution in [0.25, 0.3) is 11.5 Å². The Balaban J connectivity index is 1.67. The molecule has 5 nitrogen and oxygen atoms in total. The fourth-order valence-electron chi connectivity index (χ4n) is 3.15. The first-order valence-electron chi connectivity index (χ1n) is 8.28. The van der Waals surface area contributed by atoms with Crippen molar-refractivity contribution in [3.8, 4) is 11.5 Å². The van der Waals surface area contributed by atoms with E-state index < -0.39 is 0 Å². The highest BCUT2D eigenvalue weighted by atomic mass is 19.1. The van der Waals surface area contributed by atoms with E-state index in [2.05, 4.69) is 4.98 Å². The molecule has 1 amide bonds. The molecule has 2 heterocycles. The Labute approximate surface area is 140 Å². The number of oxazole rings is 1. The summed E-state index contributed by atoms with van der Waals surface area (Å²) >= 11 is 0. The van der Waals surface area contributed by atoms with Crippen molar-refractivity contribution in [1.82, 2.24) is 9.88 Å². The van der Waals surface area contributed by atoms with E-state index in [1.807, 2.05) is 4.90 Å². The van der Waals surface area contributed by atoms with Crippen LogP contribution in [0.5, 0.6) is 0 Å². The van der Waals surface area contributed by atoms with Crippen molar-refractivity contribution < 1.29 is 18.7 Å². The molecule has 0 aliphatic carbocycles. The average Bonchev–Trinajstić information content (AvgIpc) is 3.05. The second-order valence-corrected chi connectivity index (χ2v) is 6.08. The van der Waals surface area contributed by atoms with Gasteiger partial charge in [-0.1, -0.05) is 0 Å². The zero-order valence-corrected chi connectivity index (χ0v) is 13.4. The number of carbonyl (C=O) groups excluding carboxylic acids is 1. The van der Waals surface area contributed by atoms with Crippen molar-refractivity contribution in [3.63, 3.8) is 0 Å². The summed E-state index contributed by atoms with van der Waals surface area (Å²) in [5.41, 5.74) is 1.24. The molecule has 1 aromatic carbocycles. The van der Waals surface area contributed by atoms with Crippen LogP contribution in [0.1, 0.15) is 31.4 Å². The molecular formula is C18H21FN2O3. The van der Waals surface area contributed by atoms with Crippen molar-refractivity contribution in [2.75, 3.05) is 13.2 Å². The number of nitrogens with zero attached hydrogens (tertiary/aromatic N) is 2. The topological polar surface area (TPSA) is 66.6 Å². The standard InChI is InChI=1S/C18H21FN2O3/c19-14-6-4-13(5-7-14)18-20-15(12-24-18)11-17(23)21-9-2-1-3-16(21)8-10-22/h4-7,12,16,22H,1-3,8-11H2. The van der Waals surface area contributed by atoms with Crippen molar-refractivity contribution in [2.45, 2.75) is 38.1 Å². The minimum atomic E-state index is -0.319. The molecule has 24 heavy (non-hydrogen) atoms. The largest absolute Gasteiger partial charge is 0.444 e. The van der Waals surface area contributed by atoms with E-state index in [0.29, 0.717) is 23.6 Å². The van der Waals surface area contributed by atoms with Crippen molar-refractivity contribution in [1.29, 1.82) is 0 Å². The second-order valence-electron chi connectivity index (χ2n) is 6.08. The van der Waals surface area contributed by atoms with Crippen LogP contribution in [0.4, 0.5) is 4.39 Å². The lowest BCUT2D eigenvalue weighted by Gasteiger charge is -2.35. The maximum Gasteiger partial charge on any atom is 0.228 e. The average molecular weight is 332 g/mol. The third-order valence-corrected chi connectivity index (χ3v) is 4.39. The van der Waals surface area contributed by atoms with Crippen LogP contribution < -0.4 is 0 Å². The van der Waals surface area contributed by atoms with Crippen molar-refractivity contribution >= 4 is 5.91 Å². The van der Waals surface area contributed by atoms with E-state index >= 15 is 0 Å². The normalized spacial score (nSPS) is 17.9. The van der Waals surface area contributed by atoms with Gasteiger partial charge in [-0.25, -0.2) is 9.37 Å². The Morgan fingerprint density at radius 1 is 1.33 bits per heavy atom. The summed E-state index contributed by atoms with van der Waals surface area (Å²) in [7, 11) is 0. The Morgan fingerprint density at radius 2 is 2.12 bits per heavy atom. The van der Waals surface area contributed by atoms with Crippen LogP contribution in [0.3, 0.4) is 0 Å². The Morgan fingerprint density at radius 3 is 2.88 bits per heavy atom. The highest BCUT2D eigenvalue weighted by Crippen LogP contribution is 2.22.